The molecule has 4 heteroatoms. The molecule has 0 aromatic heterocycles. The number of hydrogen-bond donors (Lipinski definition) is 3. The first kappa shape index (κ1) is 6.54. The second kappa shape index (κ2) is 1.71. The van der Waals surface area contributed by atoms with Crippen LogP contribution in [0.2, 0.25) is 0 Å². The molecular formula is C6H11NO3. The van der Waals surface area contributed by atoms with Gasteiger partial charge in [0.2, 0.25) is 0 Å². The minimum absolute atomic E-state index is 0.156. The van der Waals surface area contributed by atoms with E-state index in [1.807, 2.05) is 0 Å². The number of rotatable bonds is 1. The summed E-state index contributed by atoms with van der Waals surface area (Å²) in [6.07, 6.45) is -0.729. The predicted octanol–water partition coefficient (Wildman–Crippen LogP) is -1.79. The summed E-state index contributed by atoms with van der Waals surface area (Å²) in [7, 11) is 0. The number of aliphatic hydroxyl groups excluding tert-OH is 1. The van der Waals surface area contributed by atoms with Gasteiger partial charge in [-0.25, -0.2) is 0 Å². The third-order valence-electron chi connectivity index (χ3n) is 2.35. The van der Waals surface area contributed by atoms with E-state index in [9.17, 15) is 10.2 Å². The fraction of sp³-hybridized carbons (Fsp3) is 1.00. The van der Waals surface area contributed by atoms with E-state index in [-0.39, 0.29) is 18.8 Å². The van der Waals surface area contributed by atoms with Gasteiger partial charge in [-0.05, 0) is 0 Å². The smallest absolute Gasteiger partial charge is 0.122 e. The van der Waals surface area contributed by atoms with Gasteiger partial charge in [0.05, 0.1) is 12.2 Å². The van der Waals surface area contributed by atoms with Crippen molar-refractivity contribution in [1.82, 2.24) is 0 Å². The average molecular weight is 145 g/mol. The molecule has 0 aromatic carbocycles. The van der Waals surface area contributed by atoms with Gasteiger partial charge >= 0.3 is 0 Å². The summed E-state index contributed by atoms with van der Waals surface area (Å²) in [4.78, 5) is 0. The number of fused-ring (bicyclic) bond motifs is 1. The van der Waals surface area contributed by atoms with Crippen LogP contribution in [-0.4, -0.2) is 40.7 Å². The summed E-state index contributed by atoms with van der Waals surface area (Å²) < 4.78 is 5.17. The van der Waals surface area contributed by atoms with Crippen molar-refractivity contribution in [3.63, 3.8) is 0 Å². The molecule has 4 N–H and O–H groups in total. The number of hydrogen-bond acceptors (Lipinski definition) is 4. The Morgan fingerprint density at radius 2 is 2.40 bits per heavy atom. The Hall–Kier alpha value is -0.160. The molecule has 0 spiro atoms. The molecule has 4 nitrogen and oxygen atoms in total. The van der Waals surface area contributed by atoms with Crippen LogP contribution < -0.4 is 5.73 Å². The molecule has 0 aromatic rings. The number of nitrogens with two attached hydrogens (primary N) is 1. The van der Waals surface area contributed by atoms with E-state index < -0.39 is 11.7 Å². The van der Waals surface area contributed by atoms with Crippen LogP contribution in [0.4, 0.5) is 0 Å². The second-order valence-electron chi connectivity index (χ2n) is 3.04. The van der Waals surface area contributed by atoms with Crippen LogP contribution in [0.1, 0.15) is 6.42 Å². The lowest BCUT2D eigenvalue weighted by atomic mass is 10.1. The number of ether oxygens (including phenoxy) is 1. The SMILES string of the molecule is NC[C@H]1O[C@H]2CC2(O)C1O. The van der Waals surface area contributed by atoms with E-state index in [4.69, 9.17) is 10.5 Å². The fourth-order valence-corrected chi connectivity index (χ4v) is 1.51. The van der Waals surface area contributed by atoms with Crippen molar-refractivity contribution in [1.29, 1.82) is 0 Å². The Balaban J connectivity index is 2.09. The van der Waals surface area contributed by atoms with Gasteiger partial charge in [-0.2, -0.15) is 0 Å². The monoisotopic (exact) mass is 145 g/mol. The molecular weight excluding hydrogens is 134 g/mol. The maximum absolute atomic E-state index is 9.41. The zero-order chi connectivity index (χ0) is 7.35. The van der Waals surface area contributed by atoms with Crippen molar-refractivity contribution in [3.05, 3.63) is 0 Å². The molecule has 1 aliphatic heterocycles. The largest absolute Gasteiger partial charge is 0.387 e. The highest BCUT2D eigenvalue weighted by Crippen LogP contribution is 2.49. The summed E-state index contributed by atoms with van der Waals surface area (Å²) in [6, 6.07) is 0. The third kappa shape index (κ3) is 0.594. The van der Waals surface area contributed by atoms with Crippen LogP contribution in [0.3, 0.4) is 0 Å². The lowest BCUT2D eigenvalue weighted by Crippen LogP contribution is -2.39. The van der Waals surface area contributed by atoms with Gasteiger partial charge < -0.3 is 20.7 Å². The van der Waals surface area contributed by atoms with E-state index in [1.165, 1.54) is 0 Å². The topological polar surface area (TPSA) is 75.7 Å². The molecule has 2 fully saturated rings. The molecule has 2 unspecified atom stereocenters. The maximum atomic E-state index is 9.41. The Labute approximate surface area is 58.6 Å². The van der Waals surface area contributed by atoms with E-state index in [0.717, 1.165) is 0 Å². The highest BCUT2D eigenvalue weighted by molar-refractivity contribution is 5.17. The summed E-state index contributed by atoms with van der Waals surface area (Å²) in [6.45, 7) is 0.278. The van der Waals surface area contributed by atoms with Gasteiger partial charge in [-0.15, -0.1) is 0 Å². The van der Waals surface area contributed by atoms with Gasteiger partial charge in [0.15, 0.2) is 0 Å². The Morgan fingerprint density at radius 1 is 1.70 bits per heavy atom. The van der Waals surface area contributed by atoms with E-state index in [1.54, 1.807) is 0 Å². The molecule has 0 amide bonds. The predicted molar refractivity (Wildman–Crippen MR) is 33.3 cm³/mol. The maximum Gasteiger partial charge on any atom is 0.122 e. The lowest BCUT2D eigenvalue weighted by molar-refractivity contribution is -0.0229. The number of aliphatic hydroxyl groups is 2. The molecule has 1 saturated heterocycles. The Morgan fingerprint density at radius 3 is 2.70 bits per heavy atom. The van der Waals surface area contributed by atoms with Crippen molar-refractivity contribution in [3.8, 4) is 0 Å². The molecule has 1 heterocycles. The van der Waals surface area contributed by atoms with Gasteiger partial charge in [-0.3, -0.25) is 0 Å². The molecule has 0 radical (unpaired) electrons. The van der Waals surface area contributed by atoms with Crippen molar-refractivity contribution >= 4 is 0 Å². The molecule has 10 heavy (non-hydrogen) atoms. The second-order valence-corrected chi connectivity index (χ2v) is 3.04. The molecule has 4 atom stereocenters. The van der Waals surface area contributed by atoms with E-state index in [2.05, 4.69) is 0 Å². The summed E-state index contributed by atoms with van der Waals surface area (Å²) in [5.41, 5.74) is 4.32. The summed E-state index contributed by atoms with van der Waals surface area (Å²) >= 11 is 0. The quantitative estimate of drug-likeness (QED) is 0.407. The molecule has 58 valence electrons. The van der Waals surface area contributed by atoms with Crippen LogP contribution >= 0.6 is 0 Å². The van der Waals surface area contributed by atoms with Crippen LogP contribution in [0.25, 0.3) is 0 Å². The first-order valence-electron chi connectivity index (χ1n) is 3.44. The van der Waals surface area contributed by atoms with Crippen molar-refractivity contribution in [2.24, 2.45) is 5.73 Å². The first-order chi connectivity index (χ1) is 4.68. The third-order valence-corrected chi connectivity index (χ3v) is 2.35. The Bertz CT molecular complexity index is 163. The summed E-state index contributed by atoms with van der Waals surface area (Å²) in [5.74, 6) is 0. The molecule has 2 aliphatic rings. The zero-order valence-corrected chi connectivity index (χ0v) is 5.53. The first-order valence-corrected chi connectivity index (χ1v) is 3.44. The van der Waals surface area contributed by atoms with Crippen molar-refractivity contribution in [2.45, 2.75) is 30.3 Å². The van der Waals surface area contributed by atoms with Crippen LogP contribution in [0.15, 0.2) is 0 Å². The van der Waals surface area contributed by atoms with Gasteiger partial charge in [-0.1, -0.05) is 0 Å². The van der Waals surface area contributed by atoms with E-state index in [0.29, 0.717) is 6.42 Å². The van der Waals surface area contributed by atoms with E-state index >= 15 is 0 Å². The normalized spacial score (nSPS) is 58.5. The van der Waals surface area contributed by atoms with Gasteiger partial charge in [0, 0.05) is 13.0 Å². The Kier molecular flexibility index (Phi) is 1.12. The highest BCUT2D eigenvalue weighted by atomic mass is 16.6. The average Bonchev–Trinajstić information content (AvgIpc) is 2.51. The van der Waals surface area contributed by atoms with Crippen LogP contribution in [-0.2, 0) is 4.74 Å². The molecule has 1 aliphatic carbocycles. The fourth-order valence-electron chi connectivity index (χ4n) is 1.51. The molecule has 0 bridgehead atoms. The van der Waals surface area contributed by atoms with Crippen LogP contribution in [0, 0.1) is 0 Å². The van der Waals surface area contributed by atoms with Gasteiger partial charge in [0.25, 0.3) is 0 Å². The standard InChI is InChI=1S/C6H11NO3/c7-2-3-5(8)6(9)1-4(6)10-3/h3-5,8-9H,1-2,7H2/t3-,4+,5?,6?/m1/s1. The molecule has 2 rings (SSSR count). The minimum atomic E-state index is -0.954. The van der Waals surface area contributed by atoms with Crippen molar-refractivity contribution < 1.29 is 14.9 Å². The minimum Gasteiger partial charge on any atom is -0.387 e. The van der Waals surface area contributed by atoms with Crippen LogP contribution in [0.5, 0.6) is 0 Å². The summed E-state index contributed by atoms with van der Waals surface area (Å²) in [5, 5.41) is 18.7. The highest BCUT2D eigenvalue weighted by Gasteiger charge is 2.67. The van der Waals surface area contributed by atoms with Gasteiger partial charge in [0.1, 0.15) is 11.7 Å². The van der Waals surface area contributed by atoms with Crippen molar-refractivity contribution in [2.75, 3.05) is 6.54 Å². The molecule has 1 saturated carbocycles. The lowest BCUT2D eigenvalue weighted by Gasteiger charge is -2.16. The zero-order valence-electron chi connectivity index (χ0n) is 5.53.